The van der Waals surface area contributed by atoms with Crippen LogP contribution in [0.15, 0.2) is 51.8 Å². The van der Waals surface area contributed by atoms with Crippen LogP contribution < -0.4 is 0 Å². The maximum Gasteiger partial charge on any atom is 0.115 e. The lowest BCUT2D eigenvalue weighted by atomic mass is 9.55. The van der Waals surface area contributed by atoms with Crippen LogP contribution >= 0.6 is 27.7 Å². The van der Waals surface area contributed by atoms with Gasteiger partial charge in [0, 0.05) is 14.6 Å². The van der Waals surface area contributed by atoms with Gasteiger partial charge in [-0.25, -0.2) is 0 Å². The number of benzene rings is 2. The maximum atomic E-state index is 10.8. The molecule has 6 unspecified atom stereocenters. The van der Waals surface area contributed by atoms with Crippen molar-refractivity contribution in [1.82, 2.24) is 0 Å². The van der Waals surface area contributed by atoms with E-state index in [1.165, 1.54) is 16.0 Å². The van der Waals surface area contributed by atoms with Crippen molar-refractivity contribution in [3.8, 4) is 5.75 Å². The summed E-state index contributed by atoms with van der Waals surface area (Å²) < 4.78 is 1.11. The molecule has 3 aliphatic rings. The minimum atomic E-state index is -0.155. The number of hydrogen-bond acceptors (Lipinski definition) is 3. The second-order valence-corrected chi connectivity index (χ2v) is 11.4. The average Bonchev–Trinajstić information content (AvgIpc) is 2.98. The summed E-state index contributed by atoms with van der Waals surface area (Å²) in [5, 5.41) is 21.3. The van der Waals surface area contributed by atoms with Crippen LogP contribution in [0.4, 0.5) is 0 Å². The van der Waals surface area contributed by atoms with Crippen LogP contribution in [0.5, 0.6) is 5.75 Å². The molecule has 0 spiro atoms. The lowest BCUT2D eigenvalue weighted by Crippen LogP contribution is -2.48. The van der Waals surface area contributed by atoms with E-state index in [1.807, 2.05) is 23.9 Å². The van der Waals surface area contributed by atoms with Crippen LogP contribution in [-0.2, 0) is 6.42 Å². The first kappa shape index (κ1) is 19.0. The van der Waals surface area contributed by atoms with Crippen molar-refractivity contribution >= 4 is 27.7 Å². The molecule has 2 N–H and O–H groups in total. The topological polar surface area (TPSA) is 40.5 Å². The minimum Gasteiger partial charge on any atom is -0.508 e. The van der Waals surface area contributed by atoms with E-state index in [9.17, 15) is 10.2 Å². The van der Waals surface area contributed by atoms with E-state index < -0.39 is 0 Å². The van der Waals surface area contributed by atoms with Gasteiger partial charge in [0.25, 0.3) is 0 Å². The van der Waals surface area contributed by atoms with Gasteiger partial charge in [-0.3, -0.25) is 0 Å². The third-order valence-electron chi connectivity index (χ3n) is 7.76. The average molecular weight is 459 g/mol. The standard InChI is InChI=1S/C24H27BrO2S/c1-24-11-10-19-18-7-4-16(26)12-14(18)13-21(23(19)20(24)8-9-22(24)27)28-17-5-2-15(25)3-6-17/h2-7,12,19-23,26-27H,8-11,13H2,1H3. The summed E-state index contributed by atoms with van der Waals surface area (Å²) in [7, 11) is 0. The Morgan fingerprint density at radius 1 is 1.07 bits per heavy atom. The van der Waals surface area contributed by atoms with Crippen molar-refractivity contribution in [2.45, 2.75) is 61.2 Å². The Labute approximate surface area is 179 Å². The summed E-state index contributed by atoms with van der Waals surface area (Å²) in [5.41, 5.74) is 2.82. The molecule has 148 valence electrons. The van der Waals surface area contributed by atoms with Crippen molar-refractivity contribution < 1.29 is 10.2 Å². The molecule has 2 aromatic carbocycles. The number of hydrogen-bond donors (Lipinski definition) is 2. The molecule has 3 aliphatic carbocycles. The summed E-state index contributed by atoms with van der Waals surface area (Å²) in [6.07, 6.45) is 5.18. The van der Waals surface area contributed by atoms with Gasteiger partial charge in [-0.1, -0.05) is 28.9 Å². The number of thioether (sulfide) groups is 1. The lowest BCUT2D eigenvalue weighted by Gasteiger charge is -2.52. The fourth-order valence-electron chi connectivity index (χ4n) is 6.34. The minimum absolute atomic E-state index is 0.0636. The van der Waals surface area contributed by atoms with Crippen LogP contribution in [0.3, 0.4) is 0 Å². The van der Waals surface area contributed by atoms with Gasteiger partial charge in [-0.15, -0.1) is 11.8 Å². The van der Waals surface area contributed by atoms with Crippen LogP contribution in [0.1, 0.15) is 49.7 Å². The molecule has 4 heteroatoms. The molecular formula is C24H27BrO2S. The van der Waals surface area contributed by atoms with Crippen molar-refractivity contribution in [1.29, 1.82) is 0 Å². The van der Waals surface area contributed by atoms with Gasteiger partial charge in [0.1, 0.15) is 5.75 Å². The maximum absolute atomic E-state index is 10.8. The molecule has 28 heavy (non-hydrogen) atoms. The molecule has 0 radical (unpaired) electrons. The third-order valence-corrected chi connectivity index (χ3v) is 9.62. The molecule has 0 aromatic heterocycles. The van der Waals surface area contributed by atoms with Crippen LogP contribution in [-0.4, -0.2) is 21.6 Å². The molecule has 2 aromatic rings. The zero-order valence-corrected chi connectivity index (χ0v) is 18.5. The second kappa shape index (κ2) is 7.07. The van der Waals surface area contributed by atoms with Gasteiger partial charge in [-0.05, 0) is 103 Å². The number of phenols is 1. The summed E-state index contributed by atoms with van der Waals surface area (Å²) in [4.78, 5) is 1.31. The van der Waals surface area contributed by atoms with Crippen LogP contribution in [0, 0.1) is 17.3 Å². The van der Waals surface area contributed by atoms with E-state index in [-0.39, 0.29) is 11.5 Å². The zero-order chi connectivity index (χ0) is 19.5. The largest absolute Gasteiger partial charge is 0.508 e. The molecular weight excluding hydrogens is 432 g/mol. The van der Waals surface area contributed by atoms with E-state index >= 15 is 0 Å². The molecule has 2 saturated carbocycles. The molecule has 0 heterocycles. The Hall–Kier alpha value is -0.970. The lowest BCUT2D eigenvalue weighted by molar-refractivity contribution is -0.0209. The zero-order valence-electron chi connectivity index (χ0n) is 16.1. The fourth-order valence-corrected chi connectivity index (χ4v) is 8.05. The Morgan fingerprint density at radius 2 is 1.86 bits per heavy atom. The number of fused-ring (bicyclic) bond motifs is 5. The van der Waals surface area contributed by atoms with Crippen molar-refractivity contribution in [2.75, 3.05) is 0 Å². The van der Waals surface area contributed by atoms with Crippen molar-refractivity contribution in [2.24, 2.45) is 17.3 Å². The first-order valence-corrected chi connectivity index (χ1v) is 12.0. The molecule has 0 aliphatic heterocycles. The Bertz CT molecular complexity index is 883. The summed E-state index contributed by atoms with van der Waals surface area (Å²) >= 11 is 5.53. The number of aromatic hydroxyl groups is 1. The van der Waals surface area contributed by atoms with Crippen LogP contribution in [0.25, 0.3) is 0 Å². The van der Waals surface area contributed by atoms with E-state index in [0.717, 1.165) is 36.6 Å². The highest BCUT2D eigenvalue weighted by Crippen LogP contribution is 2.62. The van der Waals surface area contributed by atoms with E-state index in [1.54, 1.807) is 0 Å². The molecule has 5 rings (SSSR count). The highest BCUT2D eigenvalue weighted by Gasteiger charge is 2.56. The van der Waals surface area contributed by atoms with E-state index in [2.05, 4.69) is 53.2 Å². The van der Waals surface area contributed by atoms with Crippen molar-refractivity contribution in [3.05, 3.63) is 58.1 Å². The molecule has 2 nitrogen and oxygen atoms in total. The molecule has 0 saturated heterocycles. The van der Waals surface area contributed by atoms with Gasteiger partial charge in [0.05, 0.1) is 6.10 Å². The smallest absolute Gasteiger partial charge is 0.115 e. The molecule has 6 atom stereocenters. The summed E-state index contributed by atoms with van der Waals surface area (Å²) in [6, 6.07) is 14.6. The van der Waals surface area contributed by atoms with Crippen LogP contribution in [0.2, 0.25) is 0 Å². The highest BCUT2D eigenvalue weighted by molar-refractivity contribution is 9.10. The van der Waals surface area contributed by atoms with Gasteiger partial charge in [-0.2, -0.15) is 0 Å². The Kier molecular flexibility index (Phi) is 4.80. The first-order valence-electron chi connectivity index (χ1n) is 10.4. The van der Waals surface area contributed by atoms with Gasteiger partial charge >= 0.3 is 0 Å². The first-order chi connectivity index (χ1) is 13.5. The number of phenolic OH excluding ortho intramolecular Hbond substituents is 1. The quantitative estimate of drug-likeness (QED) is 0.567. The van der Waals surface area contributed by atoms with E-state index in [0.29, 0.717) is 28.8 Å². The normalized spacial score (nSPS) is 36.5. The molecule has 0 amide bonds. The van der Waals surface area contributed by atoms with Gasteiger partial charge in [0.2, 0.25) is 0 Å². The predicted octanol–water partition coefficient (Wildman–Crippen LogP) is 6.14. The van der Waals surface area contributed by atoms with Gasteiger partial charge < -0.3 is 10.2 Å². The number of rotatable bonds is 2. The second-order valence-electron chi connectivity index (χ2n) is 9.13. The summed E-state index contributed by atoms with van der Waals surface area (Å²) in [5.74, 6) is 2.08. The Morgan fingerprint density at radius 3 is 2.64 bits per heavy atom. The Balaban J connectivity index is 1.55. The summed E-state index contributed by atoms with van der Waals surface area (Å²) in [6.45, 7) is 2.33. The SMILES string of the molecule is CC12CCC3c4ccc(O)cc4CC(Sc4ccc(Br)cc4)C3C1CCC2O. The number of aliphatic hydroxyl groups is 1. The van der Waals surface area contributed by atoms with E-state index in [4.69, 9.17) is 0 Å². The number of aliphatic hydroxyl groups excluding tert-OH is 1. The fraction of sp³-hybridized carbons (Fsp3) is 0.500. The third kappa shape index (κ3) is 3.03. The number of halogens is 1. The molecule has 2 fully saturated rings. The van der Waals surface area contributed by atoms with Crippen molar-refractivity contribution in [3.63, 3.8) is 0 Å². The monoisotopic (exact) mass is 458 g/mol. The molecule has 0 bridgehead atoms. The van der Waals surface area contributed by atoms with Gasteiger partial charge in [0.15, 0.2) is 0 Å². The predicted molar refractivity (Wildman–Crippen MR) is 118 cm³/mol. The highest BCUT2D eigenvalue weighted by atomic mass is 79.9.